The van der Waals surface area contributed by atoms with Crippen molar-refractivity contribution >= 4 is 0 Å². The number of aliphatic hydroxyl groups excluding tert-OH is 1. The number of aliphatic hydroxyl groups is 1. The molecule has 0 aromatic heterocycles. The summed E-state index contributed by atoms with van der Waals surface area (Å²) in [6.45, 7) is 7.76. The predicted molar refractivity (Wildman–Crippen MR) is 91.4 cm³/mol. The first kappa shape index (κ1) is 18.2. The van der Waals surface area contributed by atoms with Crippen LogP contribution in [0.2, 0.25) is 0 Å². The number of hydrogen-bond acceptors (Lipinski definition) is 2. The minimum Gasteiger partial charge on any atom is -0.396 e. The summed E-state index contributed by atoms with van der Waals surface area (Å²) in [6, 6.07) is 11.1. The summed E-state index contributed by atoms with van der Waals surface area (Å²) < 4.78 is 0. The highest BCUT2D eigenvalue weighted by molar-refractivity contribution is 5.18. The van der Waals surface area contributed by atoms with Crippen LogP contribution < -0.4 is 5.32 Å². The fourth-order valence-electron chi connectivity index (χ4n) is 2.79. The molecule has 0 bridgehead atoms. The van der Waals surface area contributed by atoms with E-state index in [4.69, 9.17) is 0 Å². The van der Waals surface area contributed by atoms with E-state index in [2.05, 4.69) is 56.4 Å². The Morgan fingerprint density at radius 2 is 1.71 bits per heavy atom. The zero-order chi connectivity index (χ0) is 15.6. The Morgan fingerprint density at radius 1 is 1.05 bits per heavy atom. The van der Waals surface area contributed by atoms with E-state index < -0.39 is 0 Å². The smallest absolute Gasteiger partial charge is 0.0499 e. The monoisotopic (exact) mass is 291 g/mol. The lowest BCUT2D eigenvalue weighted by molar-refractivity contribution is 0.109. The fraction of sp³-hybridized carbons (Fsp3) is 0.684. The number of nitrogens with one attached hydrogen (secondary N) is 1. The molecule has 0 radical (unpaired) electrons. The lowest BCUT2D eigenvalue weighted by Crippen LogP contribution is -2.38. The highest BCUT2D eigenvalue weighted by atomic mass is 16.3. The molecule has 2 nitrogen and oxygen atoms in total. The number of hydrogen-bond donors (Lipinski definition) is 2. The van der Waals surface area contributed by atoms with Crippen molar-refractivity contribution in [3.63, 3.8) is 0 Å². The highest BCUT2D eigenvalue weighted by Gasteiger charge is 2.26. The number of unbranched alkanes of at least 4 members (excludes halogenated alkanes) is 2. The zero-order valence-corrected chi connectivity index (χ0v) is 14.1. The average molecular weight is 291 g/mol. The van der Waals surface area contributed by atoms with Gasteiger partial charge in [-0.05, 0) is 24.8 Å². The van der Waals surface area contributed by atoms with E-state index in [1.54, 1.807) is 0 Å². The Kier molecular flexibility index (Phi) is 8.63. The molecular weight excluding hydrogens is 258 g/mol. The Hall–Kier alpha value is -0.860. The molecule has 0 aliphatic carbocycles. The first-order valence-corrected chi connectivity index (χ1v) is 8.60. The number of rotatable bonds is 11. The van der Waals surface area contributed by atoms with Crippen LogP contribution in [-0.2, 0) is 0 Å². The Morgan fingerprint density at radius 3 is 2.24 bits per heavy atom. The lowest BCUT2D eigenvalue weighted by atomic mass is 9.82. The second kappa shape index (κ2) is 9.97. The van der Waals surface area contributed by atoms with E-state index in [9.17, 15) is 5.11 Å². The van der Waals surface area contributed by atoms with Gasteiger partial charge < -0.3 is 10.4 Å². The quantitative estimate of drug-likeness (QED) is 0.579. The topological polar surface area (TPSA) is 32.3 Å². The third kappa shape index (κ3) is 5.80. The summed E-state index contributed by atoms with van der Waals surface area (Å²) in [6.07, 6.45) is 7.01. The van der Waals surface area contributed by atoms with Gasteiger partial charge in [0.05, 0.1) is 0 Å². The molecule has 0 saturated heterocycles. The van der Waals surface area contributed by atoms with Crippen molar-refractivity contribution in [2.75, 3.05) is 13.2 Å². The molecule has 120 valence electrons. The molecule has 1 aromatic rings. The van der Waals surface area contributed by atoms with Gasteiger partial charge in [-0.3, -0.25) is 0 Å². The van der Waals surface area contributed by atoms with Crippen molar-refractivity contribution in [3.8, 4) is 0 Å². The summed E-state index contributed by atoms with van der Waals surface area (Å²) in [5.41, 5.74) is 1.39. The summed E-state index contributed by atoms with van der Waals surface area (Å²) >= 11 is 0. The van der Waals surface area contributed by atoms with E-state index in [1.807, 2.05) is 0 Å². The molecule has 0 saturated carbocycles. The molecule has 2 heteroatoms. The Balaban J connectivity index is 2.68. The average Bonchev–Trinajstić information content (AvgIpc) is 2.55. The minimum absolute atomic E-state index is 0.0256. The molecule has 1 rings (SSSR count). The van der Waals surface area contributed by atoms with Crippen LogP contribution in [0, 0.1) is 5.41 Å². The van der Waals surface area contributed by atoms with Gasteiger partial charge in [-0.15, -0.1) is 0 Å². The predicted octanol–water partition coefficient (Wildman–Crippen LogP) is 4.70. The van der Waals surface area contributed by atoms with Gasteiger partial charge >= 0.3 is 0 Å². The molecule has 0 aliphatic heterocycles. The van der Waals surface area contributed by atoms with Crippen molar-refractivity contribution in [2.24, 2.45) is 5.41 Å². The van der Waals surface area contributed by atoms with Crippen LogP contribution in [0.1, 0.15) is 70.9 Å². The van der Waals surface area contributed by atoms with Gasteiger partial charge in [0.2, 0.25) is 0 Å². The van der Waals surface area contributed by atoms with E-state index in [1.165, 1.54) is 31.2 Å². The number of benzene rings is 1. The van der Waals surface area contributed by atoms with Crippen LogP contribution in [0.15, 0.2) is 30.3 Å². The molecule has 0 spiro atoms. The third-order valence-electron chi connectivity index (χ3n) is 4.86. The van der Waals surface area contributed by atoms with Crippen LogP contribution in [0.3, 0.4) is 0 Å². The van der Waals surface area contributed by atoms with Crippen molar-refractivity contribution in [1.82, 2.24) is 5.32 Å². The van der Waals surface area contributed by atoms with Gasteiger partial charge in [0.15, 0.2) is 0 Å². The van der Waals surface area contributed by atoms with Crippen LogP contribution >= 0.6 is 0 Å². The van der Waals surface area contributed by atoms with E-state index >= 15 is 0 Å². The standard InChI is InChI=1S/C19H33NO/c1-4-7-9-14-18(17-12-10-8-11-13-17)20-15-19(5-2,6-3)16-21/h8,10-13,18,20-21H,4-7,9,14-16H2,1-3H3. The summed E-state index contributed by atoms with van der Waals surface area (Å²) in [4.78, 5) is 0. The summed E-state index contributed by atoms with van der Waals surface area (Å²) in [5.74, 6) is 0. The molecule has 0 aliphatic rings. The van der Waals surface area contributed by atoms with E-state index in [0.29, 0.717) is 6.04 Å². The van der Waals surface area contributed by atoms with Gasteiger partial charge in [-0.1, -0.05) is 70.4 Å². The second-order valence-corrected chi connectivity index (χ2v) is 6.21. The van der Waals surface area contributed by atoms with Crippen LogP contribution in [0.25, 0.3) is 0 Å². The summed E-state index contributed by atoms with van der Waals surface area (Å²) in [7, 11) is 0. The maximum Gasteiger partial charge on any atom is 0.0499 e. The van der Waals surface area contributed by atoms with E-state index in [-0.39, 0.29) is 12.0 Å². The summed E-state index contributed by atoms with van der Waals surface area (Å²) in [5, 5.41) is 13.5. The van der Waals surface area contributed by atoms with Crippen LogP contribution in [-0.4, -0.2) is 18.3 Å². The van der Waals surface area contributed by atoms with Crippen LogP contribution in [0.5, 0.6) is 0 Å². The van der Waals surface area contributed by atoms with Gasteiger partial charge in [-0.25, -0.2) is 0 Å². The van der Waals surface area contributed by atoms with Gasteiger partial charge in [0.1, 0.15) is 0 Å². The normalized spacial score (nSPS) is 13.3. The zero-order valence-electron chi connectivity index (χ0n) is 14.1. The third-order valence-corrected chi connectivity index (χ3v) is 4.86. The molecule has 1 atom stereocenters. The fourth-order valence-corrected chi connectivity index (χ4v) is 2.79. The first-order valence-electron chi connectivity index (χ1n) is 8.60. The van der Waals surface area contributed by atoms with E-state index in [0.717, 1.165) is 19.4 Å². The van der Waals surface area contributed by atoms with Crippen molar-refractivity contribution in [2.45, 2.75) is 65.3 Å². The van der Waals surface area contributed by atoms with Crippen molar-refractivity contribution in [3.05, 3.63) is 35.9 Å². The van der Waals surface area contributed by atoms with Gasteiger partial charge in [0.25, 0.3) is 0 Å². The molecule has 1 unspecified atom stereocenters. The van der Waals surface area contributed by atoms with Gasteiger partial charge in [-0.2, -0.15) is 0 Å². The van der Waals surface area contributed by atoms with Crippen molar-refractivity contribution < 1.29 is 5.11 Å². The molecular formula is C19H33NO. The molecule has 0 fully saturated rings. The molecule has 2 N–H and O–H groups in total. The maximum atomic E-state index is 9.73. The largest absolute Gasteiger partial charge is 0.396 e. The minimum atomic E-state index is 0.0256. The highest BCUT2D eigenvalue weighted by Crippen LogP contribution is 2.27. The van der Waals surface area contributed by atoms with Gasteiger partial charge in [0, 0.05) is 24.6 Å². The Labute approximate surface area is 131 Å². The molecule has 21 heavy (non-hydrogen) atoms. The second-order valence-electron chi connectivity index (χ2n) is 6.21. The SMILES string of the molecule is CCCCCC(NCC(CC)(CC)CO)c1ccccc1. The first-order chi connectivity index (χ1) is 10.2. The molecule has 1 aromatic carbocycles. The lowest BCUT2D eigenvalue weighted by Gasteiger charge is -2.32. The molecule has 0 amide bonds. The Bertz CT molecular complexity index is 351. The molecule has 0 heterocycles. The van der Waals surface area contributed by atoms with Crippen molar-refractivity contribution in [1.29, 1.82) is 0 Å². The van der Waals surface area contributed by atoms with Crippen LogP contribution in [0.4, 0.5) is 0 Å². The maximum absolute atomic E-state index is 9.73.